The van der Waals surface area contributed by atoms with Crippen LogP contribution in [0.5, 0.6) is 0 Å². The van der Waals surface area contributed by atoms with Gasteiger partial charge in [0.25, 0.3) is 0 Å². The Balaban J connectivity index is 2.32. The zero-order chi connectivity index (χ0) is 13.8. The lowest BCUT2D eigenvalue weighted by atomic mass is 10.1. The van der Waals surface area contributed by atoms with E-state index in [1.807, 2.05) is 24.3 Å². The quantitative estimate of drug-likeness (QED) is 0.626. The van der Waals surface area contributed by atoms with E-state index in [1.54, 1.807) is 24.4 Å². The standard InChI is InChI=1S/C13H11Br2N2O2/c14-12(13(15)10-6-3-4-8-16-10)9-5-1-2-7-11(9)17(18)19/h1-8,12-13,18H/q-1/t12-,13+/m0/s1. The Morgan fingerprint density at radius 3 is 2.37 bits per heavy atom. The molecule has 2 aromatic rings. The smallest absolute Gasteiger partial charge is 0.0734 e. The van der Waals surface area contributed by atoms with E-state index in [-0.39, 0.29) is 20.6 Å². The summed E-state index contributed by atoms with van der Waals surface area (Å²) in [5, 5.41) is 20.2. The Morgan fingerprint density at radius 2 is 1.74 bits per heavy atom. The lowest BCUT2D eigenvalue weighted by Crippen LogP contribution is -2.12. The first-order valence-corrected chi connectivity index (χ1v) is 7.38. The van der Waals surface area contributed by atoms with Gasteiger partial charge in [0.2, 0.25) is 0 Å². The van der Waals surface area contributed by atoms with Gasteiger partial charge < -0.3 is 10.4 Å². The van der Waals surface area contributed by atoms with Crippen LogP contribution in [0.2, 0.25) is 0 Å². The minimum Gasteiger partial charge on any atom is -0.733 e. The lowest BCUT2D eigenvalue weighted by Gasteiger charge is -2.27. The summed E-state index contributed by atoms with van der Waals surface area (Å²) in [5.41, 5.74) is 1.74. The van der Waals surface area contributed by atoms with E-state index in [4.69, 9.17) is 5.21 Å². The van der Waals surface area contributed by atoms with E-state index in [0.29, 0.717) is 5.56 Å². The van der Waals surface area contributed by atoms with Gasteiger partial charge in [-0.15, -0.1) is 0 Å². The van der Waals surface area contributed by atoms with Crippen LogP contribution in [-0.4, -0.2) is 10.2 Å². The summed E-state index contributed by atoms with van der Waals surface area (Å²) in [6, 6.07) is 12.5. The van der Waals surface area contributed by atoms with Crippen LogP contribution in [0.15, 0.2) is 48.7 Å². The Bertz CT molecular complexity index is 537. The molecule has 1 aromatic heterocycles. The van der Waals surface area contributed by atoms with Crippen molar-refractivity contribution in [3.8, 4) is 0 Å². The maximum atomic E-state index is 11.2. The molecule has 2 atom stereocenters. The summed E-state index contributed by atoms with van der Waals surface area (Å²) >= 11 is 7.10. The van der Waals surface area contributed by atoms with Crippen molar-refractivity contribution in [2.75, 3.05) is 5.23 Å². The monoisotopic (exact) mass is 385 g/mol. The molecule has 0 amide bonds. The van der Waals surface area contributed by atoms with Gasteiger partial charge in [0.05, 0.1) is 21.0 Å². The normalized spacial score (nSPS) is 13.9. The number of anilines is 1. The topological polar surface area (TPSA) is 59.4 Å². The van der Waals surface area contributed by atoms with E-state index in [9.17, 15) is 5.21 Å². The van der Waals surface area contributed by atoms with E-state index < -0.39 is 0 Å². The van der Waals surface area contributed by atoms with Crippen LogP contribution in [0.3, 0.4) is 0 Å². The zero-order valence-corrected chi connectivity index (χ0v) is 13.0. The number of hydrogen-bond donors (Lipinski definition) is 1. The molecule has 0 bridgehead atoms. The summed E-state index contributed by atoms with van der Waals surface area (Å²) in [6.45, 7) is 0. The van der Waals surface area contributed by atoms with Crippen molar-refractivity contribution in [3.05, 3.63) is 65.1 Å². The Morgan fingerprint density at radius 1 is 1.05 bits per heavy atom. The lowest BCUT2D eigenvalue weighted by molar-refractivity contribution is 0.295. The van der Waals surface area contributed by atoms with Crippen molar-refractivity contribution in [1.29, 1.82) is 0 Å². The third-order valence-corrected chi connectivity index (χ3v) is 5.40. The molecule has 0 saturated heterocycles. The van der Waals surface area contributed by atoms with Crippen molar-refractivity contribution >= 4 is 37.5 Å². The van der Waals surface area contributed by atoms with Crippen LogP contribution in [0, 0.1) is 5.21 Å². The molecule has 19 heavy (non-hydrogen) atoms. The molecule has 6 heteroatoms. The SMILES string of the molecule is [O-]N(O)c1ccccc1[C@H](Br)[C@H](Br)c1ccccn1. The second kappa shape index (κ2) is 6.47. The number of halogens is 2. The number of nitrogens with zero attached hydrogens (tertiary/aromatic N) is 2. The van der Waals surface area contributed by atoms with E-state index >= 15 is 0 Å². The minimum atomic E-state index is -0.192. The van der Waals surface area contributed by atoms with Gasteiger partial charge in [-0.3, -0.25) is 10.2 Å². The average molecular weight is 387 g/mol. The van der Waals surface area contributed by atoms with Gasteiger partial charge in [-0.2, -0.15) is 0 Å². The number of hydrogen-bond acceptors (Lipinski definition) is 4. The highest BCUT2D eigenvalue weighted by atomic mass is 79.9. The summed E-state index contributed by atoms with van der Waals surface area (Å²) in [4.78, 5) is 3.96. The molecule has 0 saturated carbocycles. The van der Waals surface area contributed by atoms with Crippen molar-refractivity contribution < 1.29 is 5.21 Å². The van der Waals surface area contributed by atoms with Gasteiger partial charge >= 0.3 is 0 Å². The summed E-state index contributed by atoms with van der Waals surface area (Å²) in [5.74, 6) is 0. The molecule has 0 unspecified atom stereocenters. The molecule has 0 aliphatic rings. The molecule has 0 aliphatic carbocycles. The average Bonchev–Trinajstić information content (AvgIpc) is 2.46. The van der Waals surface area contributed by atoms with E-state index in [2.05, 4.69) is 36.8 Å². The molecule has 0 spiro atoms. The van der Waals surface area contributed by atoms with Crippen LogP contribution < -0.4 is 5.23 Å². The maximum absolute atomic E-state index is 11.2. The second-order valence-electron chi connectivity index (χ2n) is 3.89. The van der Waals surface area contributed by atoms with Crippen LogP contribution in [0.25, 0.3) is 0 Å². The summed E-state index contributed by atoms with van der Waals surface area (Å²) in [6.07, 6.45) is 1.71. The number of alkyl halides is 2. The van der Waals surface area contributed by atoms with Crippen LogP contribution in [0.1, 0.15) is 20.9 Å². The predicted molar refractivity (Wildman–Crippen MR) is 81.6 cm³/mol. The number of para-hydroxylation sites is 1. The first-order valence-electron chi connectivity index (χ1n) is 5.55. The molecule has 1 N–H and O–H groups in total. The highest BCUT2D eigenvalue weighted by Crippen LogP contribution is 2.44. The molecule has 0 aliphatic heterocycles. The van der Waals surface area contributed by atoms with Gasteiger partial charge in [0.1, 0.15) is 0 Å². The van der Waals surface area contributed by atoms with E-state index in [1.165, 1.54) is 0 Å². The molecule has 0 fully saturated rings. The molecule has 0 radical (unpaired) electrons. The molecule has 100 valence electrons. The molecule has 2 rings (SSSR count). The van der Waals surface area contributed by atoms with Crippen LogP contribution in [0.4, 0.5) is 5.69 Å². The Hall–Kier alpha value is -0.950. The van der Waals surface area contributed by atoms with Gasteiger partial charge in [-0.1, -0.05) is 56.1 Å². The maximum Gasteiger partial charge on any atom is 0.0734 e. The third kappa shape index (κ3) is 3.33. The largest absolute Gasteiger partial charge is 0.733 e. The number of rotatable bonds is 4. The predicted octanol–water partition coefficient (Wildman–Crippen LogP) is 4.35. The van der Waals surface area contributed by atoms with Gasteiger partial charge in [0.15, 0.2) is 0 Å². The number of aromatic nitrogens is 1. The fraction of sp³-hybridized carbons (Fsp3) is 0.154. The highest BCUT2D eigenvalue weighted by molar-refractivity contribution is 9.12. The first kappa shape index (κ1) is 14.5. The Kier molecular flexibility index (Phi) is 4.93. The molecular weight excluding hydrogens is 376 g/mol. The minimum absolute atomic E-state index is 0.116. The molecule has 1 aromatic carbocycles. The molecule has 4 nitrogen and oxygen atoms in total. The van der Waals surface area contributed by atoms with Crippen molar-refractivity contribution in [2.24, 2.45) is 0 Å². The van der Waals surface area contributed by atoms with Gasteiger partial charge in [-0.25, -0.2) is 0 Å². The summed E-state index contributed by atoms with van der Waals surface area (Å²) in [7, 11) is 0. The van der Waals surface area contributed by atoms with Gasteiger partial charge in [-0.05, 0) is 23.8 Å². The van der Waals surface area contributed by atoms with Crippen molar-refractivity contribution in [2.45, 2.75) is 9.65 Å². The first-order chi connectivity index (χ1) is 9.11. The zero-order valence-electron chi connectivity index (χ0n) is 9.78. The van der Waals surface area contributed by atoms with E-state index in [0.717, 1.165) is 5.69 Å². The van der Waals surface area contributed by atoms with Crippen LogP contribution in [-0.2, 0) is 0 Å². The molecular formula is C13H11Br2N2O2-. The second-order valence-corrected chi connectivity index (χ2v) is 5.86. The summed E-state index contributed by atoms with van der Waals surface area (Å²) < 4.78 is 0. The molecule has 1 heterocycles. The highest BCUT2D eigenvalue weighted by Gasteiger charge is 2.23. The Labute approximate surface area is 127 Å². The number of pyridine rings is 1. The van der Waals surface area contributed by atoms with Crippen molar-refractivity contribution in [1.82, 2.24) is 4.98 Å². The van der Waals surface area contributed by atoms with Crippen molar-refractivity contribution in [3.63, 3.8) is 0 Å². The van der Waals surface area contributed by atoms with Crippen LogP contribution >= 0.6 is 31.9 Å². The fourth-order valence-corrected chi connectivity index (χ4v) is 2.96. The fourth-order valence-electron chi connectivity index (χ4n) is 1.74. The number of benzene rings is 1. The van der Waals surface area contributed by atoms with Gasteiger partial charge in [0, 0.05) is 6.20 Å². The third-order valence-electron chi connectivity index (χ3n) is 2.67.